The highest BCUT2D eigenvalue weighted by molar-refractivity contribution is 7.89. The number of benzene rings is 1. The first kappa shape index (κ1) is 17.8. The zero-order valence-corrected chi connectivity index (χ0v) is 15.8. The number of sulfonamides is 1. The Bertz CT molecular complexity index is 1050. The summed E-state index contributed by atoms with van der Waals surface area (Å²) in [6, 6.07) is 9.05. The maximum atomic E-state index is 13.2. The third kappa shape index (κ3) is 3.63. The van der Waals surface area contributed by atoms with Gasteiger partial charge in [0.25, 0.3) is 0 Å². The van der Waals surface area contributed by atoms with E-state index in [1.165, 1.54) is 4.31 Å². The fourth-order valence-electron chi connectivity index (χ4n) is 3.27. The van der Waals surface area contributed by atoms with Crippen LogP contribution >= 0.6 is 0 Å². The van der Waals surface area contributed by atoms with Crippen LogP contribution in [0.4, 0.5) is 0 Å². The van der Waals surface area contributed by atoms with Gasteiger partial charge < -0.3 is 4.74 Å². The molecular formula is C19H20N4O3S. The second-order valence-corrected chi connectivity index (χ2v) is 8.45. The molecule has 0 aliphatic carbocycles. The van der Waals surface area contributed by atoms with Gasteiger partial charge in [-0.2, -0.15) is 4.31 Å². The summed E-state index contributed by atoms with van der Waals surface area (Å²) in [6.45, 7) is 2.66. The van der Waals surface area contributed by atoms with E-state index in [0.717, 1.165) is 11.1 Å². The molecule has 2 aromatic heterocycles. The molecule has 140 valence electrons. The van der Waals surface area contributed by atoms with Crippen molar-refractivity contribution in [1.82, 2.24) is 19.3 Å². The highest BCUT2D eigenvalue weighted by atomic mass is 32.2. The van der Waals surface area contributed by atoms with Crippen LogP contribution < -0.4 is 4.74 Å². The van der Waals surface area contributed by atoms with E-state index in [-0.39, 0.29) is 11.0 Å². The molecule has 7 nitrogen and oxygen atoms in total. The summed E-state index contributed by atoms with van der Waals surface area (Å²) in [5, 5.41) is 0.822. The lowest BCUT2D eigenvalue weighted by Crippen LogP contribution is -2.41. The van der Waals surface area contributed by atoms with Crippen LogP contribution in [-0.2, 0) is 10.0 Å². The van der Waals surface area contributed by atoms with Crippen molar-refractivity contribution in [3.63, 3.8) is 0 Å². The zero-order valence-electron chi connectivity index (χ0n) is 14.9. The van der Waals surface area contributed by atoms with E-state index >= 15 is 0 Å². The Labute approximate surface area is 158 Å². The third-order valence-corrected chi connectivity index (χ3v) is 6.60. The molecule has 0 saturated carbocycles. The van der Waals surface area contributed by atoms with Crippen molar-refractivity contribution in [2.45, 2.75) is 30.8 Å². The van der Waals surface area contributed by atoms with Gasteiger partial charge in [0, 0.05) is 36.6 Å². The first-order chi connectivity index (χ1) is 13.0. The van der Waals surface area contributed by atoms with Crippen LogP contribution in [0.25, 0.3) is 10.9 Å². The summed E-state index contributed by atoms with van der Waals surface area (Å²) in [4.78, 5) is 12.8. The van der Waals surface area contributed by atoms with Crippen molar-refractivity contribution in [3.8, 4) is 5.88 Å². The number of nitrogens with zero attached hydrogens (tertiary/aromatic N) is 4. The number of fused-ring (bicyclic) bond motifs is 1. The molecule has 1 aromatic carbocycles. The second kappa shape index (κ2) is 7.21. The number of para-hydroxylation sites is 1. The van der Waals surface area contributed by atoms with Crippen LogP contribution in [0.1, 0.15) is 18.5 Å². The number of hydrogen-bond donors (Lipinski definition) is 0. The van der Waals surface area contributed by atoms with Gasteiger partial charge in [-0.3, -0.25) is 9.97 Å². The maximum Gasteiger partial charge on any atom is 0.245 e. The molecule has 4 rings (SSSR count). The highest BCUT2D eigenvalue weighted by Crippen LogP contribution is 2.27. The highest BCUT2D eigenvalue weighted by Gasteiger charge is 2.31. The third-order valence-electron chi connectivity index (χ3n) is 4.67. The Morgan fingerprint density at radius 1 is 1.11 bits per heavy atom. The van der Waals surface area contributed by atoms with E-state index in [9.17, 15) is 8.42 Å². The Morgan fingerprint density at radius 2 is 1.93 bits per heavy atom. The quantitative estimate of drug-likeness (QED) is 0.687. The fourth-order valence-corrected chi connectivity index (χ4v) is 4.90. The molecule has 3 aromatic rings. The molecular weight excluding hydrogens is 364 g/mol. The lowest BCUT2D eigenvalue weighted by molar-refractivity contribution is 0.129. The Morgan fingerprint density at radius 3 is 2.67 bits per heavy atom. The van der Waals surface area contributed by atoms with Gasteiger partial charge in [0.05, 0.1) is 11.7 Å². The van der Waals surface area contributed by atoms with E-state index in [0.29, 0.717) is 37.3 Å². The Kier molecular flexibility index (Phi) is 4.75. The van der Waals surface area contributed by atoms with E-state index in [1.807, 2.05) is 25.1 Å². The van der Waals surface area contributed by atoms with E-state index in [4.69, 9.17) is 4.74 Å². The van der Waals surface area contributed by atoms with Crippen molar-refractivity contribution < 1.29 is 13.2 Å². The molecule has 0 unspecified atom stereocenters. The average Bonchev–Trinajstić information content (AvgIpc) is 2.68. The van der Waals surface area contributed by atoms with Crippen molar-refractivity contribution in [1.29, 1.82) is 0 Å². The molecule has 1 aliphatic rings. The summed E-state index contributed by atoms with van der Waals surface area (Å²) >= 11 is 0. The summed E-state index contributed by atoms with van der Waals surface area (Å²) in [5.41, 5.74) is 1.32. The van der Waals surface area contributed by atoms with Crippen molar-refractivity contribution in [3.05, 3.63) is 54.6 Å². The molecule has 1 saturated heterocycles. The predicted octanol–water partition coefficient (Wildman–Crippen LogP) is 2.57. The molecule has 0 bridgehead atoms. The lowest BCUT2D eigenvalue weighted by Gasteiger charge is -2.31. The zero-order chi connectivity index (χ0) is 18.9. The largest absolute Gasteiger partial charge is 0.473 e. The number of hydrogen-bond acceptors (Lipinski definition) is 6. The topological polar surface area (TPSA) is 85.3 Å². The first-order valence-corrected chi connectivity index (χ1v) is 10.3. The van der Waals surface area contributed by atoms with Gasteiger partial charge in [0.2, 0.25) is 15.9 Å². The molecule has 27 heavy (non-hydrogen) atoms. The molecule has 0 radical (unpaired) electrons. The van der Waals surface area contributed by atoms with Crippen molar-refractivity contribution >= 4 is 20.9 Å². The van der Waals surface area contributed by atoms with E-state index in [2.05, 4.69) is 15.0 Å². The molecule has 0 spiro atoms. The molecule has 1 aliphatic heterocycles. The predicted molar refractivity (Wildman–Crippen MR) is 101 cm³/mol. The van der Waals surface area contributed by atoms with Gasteiger partial charge in [-0.15, -0.1) is 0 Å². The second-order valence-electron chi connectivity index (χ2n) is 6.55. The summed E-state index contributed by atoms with van der Waals surface area (Å²) in [7, 11) is -3.61. The molecule has 3 heterocycles. The van der Waals surface area contributed by atoms with Crippen molar-refractivity contribution in [2.24, 2.45) is 0 Å². The number of ether oxygens (including phenoxy) is 1. The number of aryl methyl sites for hydroxylation is 1. The fraction of sp³-hybridized carbons (Fsp3) is 0.316. The monoisotopic (exact) mass is 384 g/mol. The van der Waals surface area contributed by atoms with Crippen LogP contribution in [0.2, 0.25) is 0 Å². The number of rotatable bonds is 4. The summed E-state index contributed by atoms with van der Waals surface area (Å²) in [6.07, 6.45) is 5.86. The van der Waals surface area contributed by atoms with Gasteiger partial charge in [-0.05, 0) is 31.9 Å². The van der Waals surface area contributed by atoms with Crippen LogP contribution in [0, 0.1) is 6.92 Å². The normalized spacial score (nSPS) is 16.5. The maximum absolute atomic E-state index is 13.2. The minimum atomic E-state index is -3.61. The summed E-state index contributed by atoms with van der Waals surface area (Å²) < 4.78 is 33.7. The van der Waals surface area contributed by atoms with E-state index in [1.54, 1.807) is 30.7 Å². The van der Waals surface area contributed by atoms with E-state index < -0.39 is 10.0 Å². The Balaban J connectivity index is 1.53. The standard InChI is InChI=1S/C19H20N4O3S/c1-14-5-6-15-3-2-4-17(19(15)22-14)27(24,25)23-11-7-16(8-12-23)26-18-13-20-9-10-21-18/h2-6,9-10,13,16H,7-8,11-12H2,1H3. The average molecular weight is 384 g/mol. The number of piperidine rings is 1. The van der Waals surface area contributed by atoms with Gasteiger partial charge in [0.15, 0.2) is 0 Å². The number of pyridine rings is 1. The molecule has 0 atom stereocenters. The van der Waals surface area contributed by atoms with Gasteiger partial charge in [-0.25, -0.2) is 13.4 Å². The molecule has 0 N–H and O–H groups in total. The number of aromatic nitrogens is 3. The minimum absolute atomic E-state index is 0.0685. The molecule has 8 heteroatoms. The van der Waals surface area contributed by atoms with Crippen LogP contribution in [-0.4, -0.2) is 46.9 Å². The molecule has 0 amide bonds. The van der Waals surface area contributed by atoms with Gasteiger partial charge in [0.1, 0.15) is 11.0 Å². The SMILES string of the molecule is Cc1ccc2cccc(S(=O)(=O)N3CCC(Oc4cnccn4)CC3)c2n1. The lowest BCUT2D eigenvalue weighted by atomic mass is 10.1. The van der Waals surface area contributed by atoms with Gasteiger partial charge in [-0.1, -0.05) is 18.2 Å². The van der Waals surface area contributed by atoms with Crippen molar-refractivity contribution in [2.75, 3.05) is 13.1 Å². The van der Waals surface area contributed by atoms with Crippen LogP contribution in [0.15, 0.2) is 53.8 Å². The van der Waals surface area contributed by atoms with Crippen LogP contribution in [0.5, 0.6) is 5.88 Å². The smallest absolute Gasteiger partial charge is 0.245 e. The summed E-state index contributed by atoms with van der Waals surface area (Å²) in [5.74, 6) is 0.465. The van der Waals surface area contributed by atoms with Gasteiger partial charge >= 0.3 is 0 Å². The Hall–Kier alpha value is -2.58. The molecule has 1 fully saturated rings. The minimum Gasteiger partial charge on any atom is -0.473 e. The first-order valence-electron chi connectivity index (χ1n) is 8.83. The van der Waals surface area contributed by atoms with Crippen LogP contribution in [0.3, 0.4) is 0 Å².